The molecule has 0 spiro atoms. The molecule has 0 bridgehead atoms. The van der Waals surface area contributed by atoms with Crippen molar-refractivity contribution in [1.29, 1.82) is 0 Å². The second-order valence-electron chi connectivity index (χ2n) is 4.79. The monoisotopic (exact) mass is 249 g/mol. The fourth-order valence-corrected chi connectivity index (χ4v) is 2.01. The normalized spacial score (nSPS) is 12.3. The van der Waals surface area contributed by atoms with Gasteiger partial charge in [-0.1, -0.05) is 32.9 Å². The highest BCUT2D eigenvalue weighted by Crippen LogP contribution is 2.26. The maximum Gasteiger partial charge on any atom is 0.227 e. The van der Waals surface area contributed by atoms with E-state index in [4.69, 9.17) is 4.74 Å². The molecule has 1 amide bonds. The van der Waals surface area contributed by atoms with Crippen LogP contribution in [0.4, 0.5) is 0 Å². The highest BCUT2D eigenvalue weighted by molar-refractivity contribution is 5.83. The summed E-state index contributed by atoms with van der Waals surface area (Å²) in [6, 6.07) is 7.74. The van der Waals surface area contributed by atoms with E-state index in [1.54, 1.807) is 7.11 Å². The Kier molecular flexibility index (Phi) is 5.69. The minimum Gasteiger partial charge on any atom is -0.497 e. The molecule has 0 fully saturated rings. The van der Waals surface area contributed by atoms with Crippen LogP contribution in [0.15, 0.2) is 24.3 Å². The van der Waals surface area contributed by atoms with Crippen LogP contribution < -0.4 is 10.1 Å². The second kappa shape index (κ2) is 7.04. The summed E-state index contributed by atoms with van der Waals surface area (Å²) in [6.07, 6.45) is 0.958. The van der Waals surface area contributed by atoms with Crippen molar-refractivity contribution in [1.82, 2.24) is 5.32 Å². The van der Waals surface area contributed by atoms with Crippen molar-refractivity contribution in [3.8, 4) is 5.75 Å². The molecule has 1 aromatic rings. The summed E-state index contributed by atoms with van der Waals surface area (Å²) >= 11 is 0. The molecule has 1 atom stereocenters. The van der Waals surface area contributed by atoms with Crippen molar-refractivity contribution in [2.24, 2.45) is 5.92 Å². The van der Waals surface area contributed by atoms with Crippen molar-refractivity contribution in [3.05, 3.63) is 29.8 Å². The van der Waals surface area contributed by atoms with E-state index in [-0.39, 0.29) is 17.7 Å². The molecule has 3 nitrogen and oxygen atoms in total. The zero-order valence-corrected chi connectivity index (χ0v) is 11.7. The lowest BCUT2D eigenvalue weighted by Gasteiger charge is -2.20. The van der Waals surface area contributed by atoms with Gasteiger partial charge >= 0.3 is 0 Å². The predicted molar refractivity (Wildman–Crippen MR) is 73.9 cm³/mol. The molecule has 1 N–H and O–H groups in total. The van der Waals surface area contributed by atoms with Crippen LogP contribution in [0.3, 0.4) is 0 Å². The number of nitrogens with one attached hydrogen (secondary N) is 1. The number of carbonyl (C=O) groups excluding carboxylic acids is 1. The van der Waals surface area contributed by atoms with Gasteiger partial charge < -0.3 is 10.1 Å². The van der Waals surface area contributed by atoms with E-state index < -0.39 is 0 Å². The Morgan fingerprint density at radius 3 is 2.33 bits per heavy atom. The highest BCUT2D eigenvalue weighted by Gasteiger charge is 2.23. The molecule has 0 aliphatic heterocycles. The van der Waals surface area contributed by atoms with Gasteiger partial charge in [-0.05, 0) is 30.0 Å². The molecule has 1 unspecified atom stereocenters. The maximum absolute atomic E-state index is 12.2. The number of hydrogen-bond acceptors (Lipinski definition) is 2. The fourth-order valence-electron chi connectivity index (χ4n) is 2.01. The Morgan fingerprint density at radius 1 is 1.28 bits per heavy atom. The Balaban J connectivity index is 2.86. The molecule has 1 rings (SSSR count). The molecule has 0 saturated heterocycles. The number of carbonyl (C=O) groups is 1. The Labute approximate surface area is 110 Å². The van der Waals surface area contributed by atoms with E-state index in [0.29, 0.717) is 0 Å². The zero-order valence-electron chi connectivity index (χ0n) is 11.7. The number of ether oxygens (including phenoxy) is 1. The van der Waals surface area contributed by atoms with Gasteiger partial charge in [-0.2, -0.15) is 0 Å². The van der Waals surface area contributed by atoms with Crippen LogP contribution in [0.1, 0.15) is 38.7 Å². The van der Waals surface area contributed by atoms with Gasteiger partial charge in [0.15, 0.2) is 0 Å². The fraction of sp³-hybridized carbons (Fsp3) is 0.533. The Bertz CT molecular complexity index is 371. The summed E-state index contributed by atoms with van der Waals surface area (Å²) in [5.41, 5.74) is 1.04. The average molecular weight is 249 g/mol. The SMILES string of the molecule is CCCNC(=O)C(c1ccc(OC)cc1)C(C)C. The first-order valence-corrected chi connectivity index (χ1v) is 6.51. The maximum atomic E-state index is 12.2. The number of amides is 1. The minimum absolute atomic E-state index is 0.0949. The lowest BCUT2D eigenvalue weighted by Crippen LogP contribution is -2.32. The predicted octanol–water partition coefficient (Wildman–Crippen LogP) is 2.96. The van der Waals surface area contributed by atoms with Gasteiger partial charge in [0.25, 0.3) is 0 Å². The molecule has 100 valence electrons. The molecule has 3 heteroatoms. The highest BCUT2D eigenvalue weighted by atomic mass is 16.5. The van der Waals surface area contributed by atoms with Crippen molar-refractivity contribution < 1.29 is 9.53 Å². The van der Waals surface area contributed by atoms with Gasteiger partial charge in [0.2, 0.25) is 5.91 Å². The van der Waals surface area contributed by atoms with E-state index in [1.807, 2.05) is 24.3 Å². The first kappa shape index (κ1) is 14.6. The third-order valence-electron chi connectivity index (χ3n) is 2.97. The lowest BCUT2D eigenvalue weighted by atomic mass is 9.87. The third kappa shape index (κ3) is 3.76. The molecule has 0 heterocycles. The van der Waals surface area contributed by atoms with Crippen LogP contribution in [0, 0.1) is 5.92 Å². The van der Waals surface area contributed by atoms with Crippen LogP contribution >= 0.6 is 0 Å². The molecule has 18 heavy (non-hydrogen) atoms. The molecular formula is C15H23NO2. The van der Waals surface area contributed by atoms with Crippen LogP contribution in [-0.4, -0.2) is 19.6 Å². The topological polar surface area (TPSA) is 38.3 Å². The molecule has 0 radical (unpaired) electrons. The number of benzene rings is 1. The van der Waals surface area contributed by atoms with Crippen LogP contribution in [0.25, 0.3) is 0 Å². The van der Waals surface area contributed by atoms with Crippen LogP contribution in [-0.2, 0) is 4.79 Å². The quantitative estimate of drug-likeness (QED) is 0.841. The van der Waals surface area contributed by atoms with Gasteiger partial charge in [-0.25, -0.2) is 0 Å². The van der Waals surface area contributed by atoms with Gasteiger partial charge in [0.1, 0.15) is 5.75 Å². The summed E-state index contributed by atoms with van der Waals surface area (Å²) in [7, 11) is 1.64. The Hall–Kier alpha value is -1.51. The smallest absolute Gasteiger partial charge is 0.227 e. The summed E-state index contributed by atoms with van der Waals surface area (Å²) in [4.78, 5) is 12.2. The Morgan fingerprint density at radius 2 is 1.89 bits per heavy atom. The second-order valence-corrected chi connectivity index (χ2v) is 4.79. The lowest BCUT2D eigenvalue weighted by molar-refractivity contribution is -0.123. The third-order valence-corrected chi connectivity index (χ3v) is 2.97. The van der Waals surface area contributed by atoms with E-state index >= 15 is 0 Å². The van der Waals surface area contributed by atoms with E-state index in [9.17, 15) is 4.79 Å². The van der Waals surface area contributed by atoms with Crippen molar-refractivity contribution in [2.45, 2.75) is 33.1 Å². The summed E-state index contributed by atoms with van der Waals surface area (Å²) in [6.45, 7) is 6.93. The number of hydrogen-bond donors (Lipinski definition) is 1. The van der Waals surface area contributed by atoms with E-state index in [0.717, 1.165) is 24.3 Å². The van der Waals surface area contributed by atoms with E-state index in [1.165, 1.54) is 0 Å². The largest absolute Gasteiger partial charge is 0.497 e. The molecule has 0 aromatic heterocycles. The van der Waals surface area contributed by atoms with Gasteiger partial charge in [-0.3, -0.25) is 4.79 Å². The standard InChI is InChI=1S/C15H23NO2/c1-5-10-16-15(17)14(11(2)3)12-6-8-13(18-4)9-7-12/h6-9,11,14H,5,10H2,1-4H3,(H,16,17). The molecule has 0 aliphatic carbocycles. The summed E-state index contributed by atoms with van der Waals surface area (Å²) < 4.78 is 5.13. The molecule has 0 saturated carbocycles. The van der Waals surface area contributed by atoms with Gasteiger partial charge in [0.05, 0.1) is 13.0 Å². The number of rotatable bonds is 6. The minimum atomic E-state index is -0.0949. The zero-order chi connectivity index (χ0) is 13.5. The summed E-state index contributed by atoms with van der Waals surface area (Å²) in [5.74, 6) is 1.10. The molecular weight excluding hydrogens is 226 g/mol. The van der Waals surface area contributed by atoms with E-state index in [2.05, 4.69) is 26.1 Å². The summed E-state index contributed by atoms with van der Waals surface area (Å²) in [5, 5.41) is 2.97. The van der Waals surface area contributed by atoms with Gasteiger partial charge in [-0.15, -0.1) is 0 Å². The first-order valence-electron chi connectivity index (χ1n) is 6.51. The van der Waals surface area contributed by atoms with Crippen molar-refractivity contribution in [2.75, 3.05) is 13.7 Å². The van der Waals surface area contributed by atoms with Crippen LogP contribution in [0.5, 0.6) is 5.75 Å². The van der Waals surface area contributed by atoms with Crippen LogP contribution in [0.2, 0.25) is 0 Å². The number of methoxy groups -OCH3 is 1. The average Bonchev–Trinajstić information content (AvgIpc) is 2.37. The molecule has 0 aliphatic rings. The van der Waals surface area contributed by atoms with Crippen molar-refractivity contribution >= 4 is 5.91 Å². The first-order chi connectivity index (χ1) is 8.60. The van der Waals surface area contributed by atoms with Gasteiger partial charge in [0, 0.05) is 6.54 Å². The van der Waals surface area contributed by atoms with Crippen molar-refractivity contribution in [3.63, 3.8) is 0 Å². The molecule has 1 aromatic carbocycles.